The van der Waals surface area contributed by atoms with Crippen molar-refractivity contribution in [2.75, 3.05) is 5.75 Å². The van der Waals surface area contributed by atoms with Crippen molar-refractivity contribution in [2.45, 2.75) is 76.1 Å². The molecule has 2 bridgehead atoms. The van der Waals surface area contributed by atoms with Gasteiger partial charge < -0.3 is 14.9 Å². The van der Waals surface area contributed by atoms with Crippen LogP contribution in [0, 0.1) is 17.8 Å². The number of thioether (sulfide) groups is 1. The molecule has 0 aromatic heterocycles. The van der Waals surface area contributed by atoms with E-state index >= 15 is 0 Å². The first kappa shape index (κ1) is 20.0. The van der Waals surface area contributed by atoms with Crippen molar-refractivity contribution in [2.24, 2.45) is 17.8 Å². The number of carboxylic acid groups (broad SMARTS) is 1. The van der Waals surface area contributed by atoms with Gasteiger partial charge in [-0.25, -0.2) is 0 Å². The number of hydrogen-bond acceptors (Lipinski definition) is 4. The van der Waals surface area contributed by atoms with Crippen LogP contribution in [0.4, 0.5) is 0 Å². The lowest BCUT2D eigenvalue weighted by Crippen LogP contribution is -2.27. The number of fused-ring (bicyclic) bond motifs is 2. The SMILES string of the molecule is O=C(O)CCC=CSCC[C@@H]1[C@H](C=CC(O)C2CCCC2)[C@@H]2CC[C@H]1O2. The minimum Gasteiger partial charge on any atom is -0.481 e. The van der Waals surface area contributed by atoms with Crippen molar-refractivity contribution >= 4 is 17.7 Å². The number of hydrogen-bond donors (Lipinski definition) is 2. The largest absolute Gasteiger partial charge is 0.481 e. The lowest BCUT2D eigenvalue weighted by Gasteiger charge is -2.26. The van der Waals surface area contributed by atoms with Crippen LogP contribution in [-0.2, 0) is 9.53 Å². The molecule has 2 saturated heterocycles. The summed E-state index contributed by atoms with van der Waals surface area (Å²) in [5, 5.41) is 21.1. The van der Waals surface area contributed by atoms with Crippen molar-refractivity contribution in [1.29, 1.82) is 0 Å². The minimum absolute atomic E-state index is 0.202. The lowest BCUT2D eigenvalue weighted by molar-refractivity contribution is -0.136. The Balaban J connectivity index is 1.44. The van der Waals surface area contributed by atoms with E-state index in [0.29, 0.717) is 36.4 Å². The first-order valence-corrected chi connectivity index (χ1v) is 11.2. The summed E-state index contributed by atoms with van der Waals surface area (Å²) in [5.74, 6) is 1.75. The van der Waals surface area contributed by atoms with Crippen molar-refractivity contribution in [1.82, 2.24) is 0 Å². The van der Waals surface area contributed by atoms with Gasteiger partial charge >= 0.3 is 5.97 Å². The van der Waals surface area contributed by atoms with Gasteiger partial charge in [0.2, 0.25) is 0 Å². The van der Waals surface area contributed by atoms with E-state index in [9.17, 15) is 9.90 Å². The Hall–Kier alpha value is -0.780. The first-order chi connectivity index (χ1) is 12.6. The van der Waals surface area contributed by atoms with Crippen LogP contribution in [0.15, 0.2) is 23.6 Å². The van der Waals surface area contributed by atoms with Gasteiger partial charge in [-0.05, 0) is 61.5 Å². The molecule has 2 N–H and O–H groups in total. The maximum Gasteiger partial charge on any atom is 0.303 e. The summed E-state index contributed by atoms with van der Waals surface area (Å²) in [4.78, 5) is 10.5. The van der Waals surface area contributed by atoms with E-state index in [1.54, 1.807) is 11.8 Å². The van der Waals surface area contributed by atoms with E-state index in [1.807, 2.05) is 11.5 Å². The van der Waals surface area contributed by atoms with Gasteiger partial charge in [0.1, 0.15) is 0 Å². The lowest BCUT2D eigenvalue weighted by atomic mass is 9.77. The van der Waals surface area contributed by atoms with Crippen molar-refractivity contribution in [3.63, 3.8) is 0 Å². The molecule has 5 atom stereocenters. The van der Waals surface area contributed by atoms with Gasteiger partial charge in [-0.3, -0.25) is 4.79 Å². The van der Waals surface area contributed by atoms with Gasteiger partial charge in [-0.2, -0.15) is 0 Å². The van der Waals surface area contributed by atoms with E-state index in [0.717, 1.165) is 31.4 Å². The molecular weight excluding hydrogens is 348 g/mol. The first-order valence-electron chi connectivity index (χ1n) is 10.2. The average Bonchev–Trinajstić information content (AvgIpc) is 3.35. The number of rotatable bonds is 10. The van der Waals surface area contributed by atoms with Gasteiger partial charge in [0.15, 0.2) is 0 Å². The fourth-order valence-electron chi connectivity index (χ4n) is 4.77. The van der Waals surface area contributed by atoms with Crippen LogP contribution in [0.1, 0.15) is 57.8 Å². The summed E-state index contributed by atoms with van der Waals surface area (Å²) in [6, 6.07) is 0. The zero-order valence-corrected chi connectivity index (χ0v) is 16.3. The summed E-state index contributed by atoms with van der Waals surface area (Å²) >= 11 is 1.76. The molecule has 1 aliphatic carbocycles. The molecular formula is C21H32O4S. The van der Waals surface area contributed by atoms with Gasteiger partial charge in [-0.15, -0.1) is 11.8 Å². The van der Waals surface area contributed by atoms with Crippen LogP contribution in [0.3, 0.4) is 0 Å². The molecule has 1 saturated carbocycles. The number of aliphatic hydroxyl groups is 1. The molecule has 5 heteroatoms. The van der Waals surface area contributed by atoms with E-state index in [1.165, 1.54) is 19.3 Å². The highest BCUT2D eigenvalue weighted by Crippen LogP contribution is 2.46. The zero-order valence-electron chi connectivity index (χ0n) is 15.5. The predicted octanol–water partition coefficient (Wildman–Crippen LogP) is 4.39. The number of ether oxygens (including phenoxy) is 1. The number of aliphatic carboxylic acids is 1. The fourth-order valence-corrected chi connectivity index (χ4v) is 5.59. The van der Waals surface area contributed by atoms with Crippen molar-refractivity contribution in [3.05, 3.63) is 23.6 Å². The summed E-state index contributed by atoms with van der Waals surface area (Å²) in [6.07, 6.45) is 15.8. The molecule has 26 heavy (non-hydrogen) atoms. The van der Waals surface area contributed by atoms with Gasteiger partial charge in [-0.1, -0.05) is 31.1 Å². The fraction of sp³-hybridized carbons (Fsp3) is 0.762. The van der Waals surface area contributed by atoms with Crippen molar-refractivity contribution in [3.8, 4) is 0 Å². The van der Waals surface area contributed by atoms with Gasteiger partial charge in [0, 0.05) is 12.3 Å². The molecule has 0 radical (unpaired) electrons. The van der Waals surface area contributed by atoms with Gasteiger partial charge in [0.05, 0.1) is 18.3 Å². The summed E-state index contributed by atoms with van der Waals surface area (Å²) in [6.45, 7) is 0. The molecule has 0 amide bonds. The van der Waals surface area contributed by atoms with Crippen LogP contribution >= 0.6 is 11.8 Å². The topological polar surface area (TPSA) is 66.8 Å². The van der Waals surface area contributed by atoms with Crippen LogP contribution in [0.5, 0.6) is 0 Å². The maximum absolute atomic E-state index is 10.5. The molecule has 3 fully saturated rings. The van der Waals surface area contributed by atoms with Crippen LogP contribution in [-0.4, -0.2) is 40.2 Å². The molecule has 2 aliphatic heterocycles. The number of carboxylic acids is 1. The van der Waals surface area contributed by atoms with Crippen molar-refractivity contribution < 1.29 is 19.7 Å². The Morgan fingerprint density at radius 1 is 1.19 bits per heavy atom. The molecule has 0 spiro atoms. The Kier molecular flexibility index (Phi) is 7.64. The standard InChI is InChI=1S/C21H32O4S/c22-18(15-5-1-2-6-15)9-8-16-17(20-11-10-19(16)25-20)12-14-26-13-4-3-7-21(23)24/h4,8-9,13,15-20,22H,1-3,5-7,10-12,14H2,(H,23,24)/t16-,17+,18?,19-,20+/m0/s1. The third-order valence-electron chi connectivity index (χ3n) is 6.19. The van der Waals surface area contributed by atoms with Crippen LogP contribution < -0.4 is 0 Å². The Morgan fingerprint density at radius 3 is 2.73 bits per heavy atom. The smallest absolute Gasteiger partial charge is 0.303 e. The highest BCUT2D eigenvalue weighted by atomic mass is 32.2. The highest BCUT2D eigenvalue weighted by Gasteiger charge is 2.47. The molecule has 1 unspecified atom stereocenters. The normalized spacial score (nSPS) is 33.0. The van der Waals surface area contributed by atoms with E-state index < -0.39 is 5.97 Å². The summed E-state index contributed by atoms with van der Waals surface area (Å²) < 4.78 is 6.15. The van der Waals surface area contributed by atoms with Crippen LogP contribution in [0.2, 0.25) is 0 Å². The van der Waals surface area contributed by atoms with Crippen LogP contribution in [0.25, 0.3) is 0 Å². The highest BCUT2D eigenvalue weighted by molar-refractivity contribution is 8.02. The summed E-state index contributed by atoms with van der Waals surface area (Å²) in [7, 11) is 0. The summed E-state index contributed by atoms with van der Waals surface area (Å²) in [5.41, 5.74) is 0. The molecule has 3 rings (SSSR count). The second-order valence-electron chi connectivity index (χ2n) is 7.92. The molecule has 0 aromatic rings. The molecule has 3 aliphatic rings. The number of carbonyl (C=O) groups is 1. The molecule has 146 valence electrons. The molecule has 0 aromatic carbocycles. The maximum atomic E-state index is 10.5. The second-order valence-corrected chi connectivity index (χ2v) is 8.93. The average molecular weight is 381 g/mol. The Labute approximate surface area is 161 Å². The Bertz CT molecular complexity index is 512. The number of aliphatic hydroxyl groups excluding tert-OH is 1. The third-order valence-corrected chi connectivity index (χ3v) is 7.04. The number of allylic oxidation sites excluding steroid dienone is 1. The quantitative estimate of drug-likeness (QED) is 0.435. The molecule has 2 heterocycles. The molecule has 4 nitrogen and oxygen atoms in total. The Morgan fingerprint density at radius 2 is 1.96 bits per heavy atom. The van der Waals surface area contributed by atoms with E-state index in [2.05, 4.69) is 12.2 Å². The van der Waals surface area contributed by atoms with E-state index in [-0.39, 0.29) is 12.5 Å². The monoisotopic (exact) mass is 380 g/mol. The van der Waals surface area contributed by atoms with E-state index in [4.69, 9.17) is 9.84 Å². The minimum atomic E-state index is -0.742. The predicted molar refractivity (Wildman–Crippen MR) is 105 cm³/mol. The third kappa shape index (κ3) is 5.37. The zero-order chi connectivity index (χ0) is 18.4. The van der Waals surface area contributed by atoms with Gasteiger partial charge in [0.25, 0.3) is 0 Å². The second kappa shape index (κ2) is 9.95.